The van der Waals surface area contributed by atoms with Crippen molar-refractivity contribution in [3.05, 3.63) is 22.5 Å². The van der Waals surface area contributed by atoms with E-state index in [0.717, 1.165) is 34.9 Å². The predicted molar refractivity (Wildman–Crippen MR) is 75.9 cm³/mol. The fourth-order valence-corrected chi connectivity index (χ4v) is 3.11. The SMILES string of the molecule is Cc1nsc(C)c1-c1noc(C2=CCC(C)CC2)n1. The average Bonchev–Trinajstić information content (AvgIpc) is 2.98. The lowest BCUT2D eigenvalue weighted by atomic mass is 9.91. The fourth-order valence-electron chi connectivity index (χ4n) is 2.42. The molecule has 0 bridgehead atoms. The van der Waals surface area contributed by atoms with Gasteiger partial charge in [0.2, 0.25) is 5.82 Å². The van der Waals surface area contributed by atoms with Gasteiger partial charge in [0.1, 0.15) is 0 Å². The summed E-state index contributed by atoms with van der Waals surface area (Å²) < 4.78 is 9.75. The molecular weight excluding hydrogens is 258 g/mol. The first kappa shape index (κ1) is 12.5. The van der Waals surface area contributed by atoms with Crippen LogP contribution in [0.5, 0.6) is 0 Å². The van der Waals surface area contributed by atoms with Gasteiger partial charge in [-0.1, -0.05) is 18.2 Å². The van der Waals surface area contributed by atoms with Crippen molar-refractivity contribution < 1.29 is 4.52 Å². The van der Waals surface area contributed by atoms with Gasteiger partial charge in [-0.3, -0.25) is 0 Å². The molecule has 3 rings (SSSR count). The molecule has 5 heteroatoms. The fraction of sp³-hybridized carbons (Fsp3) is 0.500. The molecule has 1 unspecified atom stereocenters. The second-order valence-corrected chi connectivity index (χ2v) is 6.21. The zero-order chi connectivity index (χ0) is 13.4. The second kappa shape index (κ2) is 4.89. The molecule has 0 N–H and O–H groups in total. The smallest absolute Gasteiger partial charge is 0.253 e. The van der Waals surface area contributed by atoms with Gasteiger partial charge in [-0.15, -0.1) is 0 Å². The van der Waals surface area contributed by atoms with Gasteiger partial charge >= 0.3 is 0 Å². The standard InChI is InChI=1S/C14H17N3OS/c1-8-4-6-11(7-5-8)14-15-13(16-18-14)12-9(2)17-19-10(12)3/h6,8H,4-5,7H2,1-3H3. The van der Waals surface area contributed by atoms with Gasteiger partial charge in [0.15, 0.2) is 0 Å². The number of aromatic nitrogens is 3. The highest BCUT2D eigenvalue weighted by atomic mass is 32.1. The van der Waals surface area contributed by atoms with Crippen molar-refractivity contribution in [3.8, 4) is 11.4 Å². The lowest BCUT2D eigenvalue weighted by molar-refractivity contribution is 0.402. The summed E-state index contributed by atoms with van der Waals surface area (Å²) in [4.78, 5) is 5.68. The van der Waals surface area contributed by atoms with E-state index in [1.54, 1.807) is 0 Å². The first-order chi connectivity index (χ1) is 9.15. The van der Waals surface area contributed by atoms with Crippen LogP contribution in [0.25, 0.3) is 17.0 Å². The van der Waals surface area contributed by atoms with Gasteiger partial charge in [-0.05, 0) is 50.6 Å². The van der Waals surface area contributed by atoms with E-state index in [2.05, 4.69) is 27.5 Å². The molecule has 0 radical (unpaired) electrons. The number of aryl methyl sites for hydroxylation is 2. The van der Waals surface area contributed by atoms with Gasteiger partial charge in [-0.2, -0.15) is 9.36 Å². The van der Waals surface area contributed by atoms with Crippen LogP contribution in [-0.4, -0.2) is 14.5 Å². The van der Waals surface area contributed by atoms with Crippen molar-refractivity contribution in [2.24, 2.45) is 5.92 Å². The van der Waals surface area contributed by atoms with Crippen LogP contribution in [0.4, 0.5) is 0 Å². The van der Waals surface area contributed by atoms with Crippen LogP contribution in [-0.2, 0) is 0 Å². The number of hydrogen-bond donors (Lipinski definition) is 0. The van der Waals surface area contributed by atoms with Crippen LogP contribution >= 0.6 is 11.5 Å². The van der Waals surface area contributed by atoms with Crippen LogP contribution in [0.15, 0.2) is 10.6 Å². The minimum absolute atomic E-state index is 0.665. The van der Waals surface area contributed by atoms with E-state index >= 15 is 0 Å². The van der Waals surface area contributed by atoms with Crippen LogP contribution in [0.1, 0.15) is 42.6 Å². The molecule has 0 fully saturated rings. The van der Waals surface area contributed by atoms with Crippen molar-refractivity contribution in [1.29, 1.82) is 0 Å². The van der Waals surface area contributed by atoms with Gasteiger partial charge < -0.3 is 4.52 Å². The molecule has 1 aliphatic rings. The molecule has 0 saturated carbocycles. The maximum Gasteiger partial charge on any atom is 0.253 e. The summed E-state index contributed by atoms with van der Waals surface area (Å²) >= 11 is 1.48. The number of hydrogen-bond acceptors (Lipinski definition) is 5. The van der Waals surface area contributed by atoms with Gasteiger partial charge in [0.05, 0.1) is 11.3 Å². The van der Waals surface area contributed by atoms with Crippen molar-refractivity contribution in [1.82, 2.24) is 14.5 Å². The Hall–Kier alpha value is -1.49. The van der Waals surface area contributed by atoms with E-state index in [9.17, 15) is 0 Å². The molecule has 100 valence electrons. The minimum atomic E-state index is 0.665. The molecule has 0 amide bonds. The highest BCUT2D eigenvalue weighted by molar-refractivity contribution is 7.06. The van der Waals surface area contributed by atoms with Crippen molar-refractivity contribution in [2.75, 3.05) is 0 Å². The molecule has 2 aromatic heterocycles. The monoisotopic (exact) mass is 275 g/mol. The molecule has 1 atom stereocenters. The third-order valence-corrected chi connectivity index (χ3v) is 4.47. The number of nitrogens with zero attached hydrogens (tertiary/aromatic N) is 3. The maximum atomic E-state index is 5.42. The van der Waals surface area contributed by atoms with E-state index in [1.165, 1.54) is 23.5 Å². The summed E-state index contributed by atoms with van der Waals surface area (Å²) in [5, 5.41) is 4.11. The largest absolute Gasteiger partial charge is 0.334 e. The summed E-state index contributed by atoms with van der Waals surface area (Å²) in [5.74, 6) is 2.10. The molecule has 4 nitrogen and oxygen atoms in total. The van der Waals surface area contributed by atoms with Crippen LogP contribution in [0, 0.1) is 19.8 Å². The Balaban J connectivity index is 1.92. The summed E-state index contributed by atoms with van der Waals surface area (Å²) in [6, 6.07) is 0. The van der Waals surface area contributed by atoms with Crippen molar-refractivity contribution >= 4 is 17.1 Å². The molecule has 2 heterocycles. The number of allylic oxidation sites excluding steroid dienone is 2. The predicted octanol–water partition coefficient (Wildman–Crippen LogP) is 4.01. The topological polar surface area (TPSA) is 51.8 Å². The van der Waals surface area contributed by atoms with Gasteiger partial charge in [0.25, 0.3) is 5.89 Å². The molecular formula is C14H17N3OS. The Kier molecular flexibility index (Phi) is 3.22. The van der Waals surface area contributed by atoms with Gasteiger partial charge in [-0.25, -0.2) is 0 Å². The number of rotatable bonds is 2. The van der Waals surface area contributed by atoms with Gasteiger partial charge in [0, 0.05) is 10.5 Å². The molecule has 0 aromatic carbocycles. The van der Waals surface area contributed by atoms with E-state index in [0.29, 0.717) is 11.7 Å². The Labute approximate surface area is 116 Å². The highest BCUT2D eigenvalue weighted by Gasteiger charge is 2.20. The highest BCUT2D eigenvalue weighted by Crippen LogP contribution is 2.32. The first-order valence-electron chi connectivity index (χ1n) is 6.61. The summed E-state index contributed by atoms with van der Waals surface area (Å²) in [5.41, 5.74) is 3.18. The van der Waals surface area contributed by atoms with E-state index in [1.807, 2.05) is 13.8 Å². The third kappa shape index (κ3) is 2.34. The van der Waals surface area contributed by atoms with Crippen molar-refractivity contribution in [3.63, 3.8) is 0 Å². The van der Waals surface area contributed by atoms with Crippen molar-refractivity contribution in [2.45, 2.75) is 40.0 Å². The second-order valence-electron chi connectivity index (χ2n) is 5.23. The van der Waals surface area contributed by atoms with Crippen LogP contribution < -0.4 is 0 Å². The third-order valence-electron chi connectivity index (χ3n) is 3.63. The minimum Gasteiger partial charge on any atom is -0.334 e. The summed E-state index contributed by atoms with van der Waals surface area (Å²) in [6.45, 7) is 6.30. The van der Waals surface area contributed by atoms with E-state index < -0.39 is 0 Å². The zero-order valence-corrected chi connectivity index (χ0v) is 12.3. The molecule has 19 heavy (non-hydrogen) atoms. The normalized spacial score (nSPS) is 19.5. The quantitative estimate of drug-likeness (QED) is 0.830. The Morgan fingerprint density at radius 2 is 2.21 bits per heavy atom. The van der Waals surface area contributed by atoms with E-state index in [4.69, 9.17) is 4.52 Å². The molecule has 0 saturated heterocycles. The Morgan fingerprint density at radius 3 is 2.84 bits per heavy atom. The summed E-state index contributed by atoms with van der Waals surface area (Å²) in [6.07, 6.45) is 5.56. The molecule has 2 aromatic rings. The molecule has 0 spiro atoms. The molecule has 1 aliphatic carbocycles. The average molecular weight is 275 g/mol. The van der Waals surface area contributed by atoms with Crippen LogP contribution in [0.3, 0.4) is 0 Å². The summed E-state index contributed by atoms with van der Waals surface area (Å²) in [7, 11) is 0. The maximum absolute atomic E-state index is 5.42. The lowest BCUT2D eigenvalue weighted by Crippen LogP contribution is -2.01. The first-order valence-corrected chi connectivity index (χ1v) is 7.39. The zero-order valence-electron chi connectivity index (χ0n) is 11.4. The lowest BCUT2D eigenvalue weighted by Gasteiger charge is -2.15. The Bertz CT molecular complexity index is 607. The molecule has 0 aliphatic heterocycles. The van der Waals surface area contributed by atoms with Crippen LogP contribution in [0.2, 0.25) is 0 Å². The Morgan fingerprint density at radius 1 is 1.37 bits per heavy atom. The van der Waals surface area contributed by atoms with E-state index in [-0.39, 0.29) is 0 Å².